The third kappa shape index (κ3) is 0.600. The second-order valence-electron chi connectivity index (χ2n) is 3.53. The lowest BCUT2D eigenvalue weighted by atomic mass is 9.66. The molecule has 0 unspecified atom stereocenters. The molecule has 0 aromatic carbocycles. The third-order valence-corrected chi connectivity index (χ3v) is 3.13. The Labute approximate surface area is 60.9 Å². The fourth-order valence-corrected chi connectivity index (χ4v) is 2.34. The van der Waals surface area contributed by atoms with Crippen LogP contribution in [0.3, 0.4) is 0 Å². The molecule has 0 N–H and O–H groups in total. The van der Waals surface area contributed by atoms with Crippen LogP contribution in [0.2, 0.25) is 0 Å². The van der Waals surface area contributed by atoms with E-state index in [-0.39, 0.29) is 0 Å². The highest BCUT2D eigenvalue weighted by molar-refractivity contribution is 5.91. The minimum atomic E-state index is 0.384. The molecule has 0 radical (unpaired) electrons. The molecule has 2 aliphatic rings. The number of nitrogens with zero attached hydrogens (tertiary/aromatic N) is 2. The summed E-state index contributed by atoms with van der Waals surface area (Å²) in [7, 11) is 0. The quantitative estimate of drug-likeness (QED) is 0.361. The fourth-order valence-electron chi connectivity index (χ4n) is 2.34. The van der Waals surface area contributed by atoms with Crippen molar-refractivity contribution < 1.29 is 4.79 Å². The zero-order chi connectivity index (χ0) is 7.03. The van der Waals surface area contributed by atoms with Crippen LogP contribution in [0.4, 0.5) is 0 Å². The minimum Gasteiger partial charge on any atom is -0.362 e. The molecule has 1 spiro atoms. The molecule has 0 aliphatic heterocycles. The van der Waals surface area contributed by atoms with Crippen molar-refractivity contribution in [3.8, 4) is 0 Å². The zero-order valence-electron chi connectivity index (χ0n) is 6.14. The van der Waals surface area contributed by atoms with Crippen LogP contribution in [0.5, 0.6) is 0 Å². The van der Waals surface area contributed by atoms with Gasteiger partial charge in [-0.2, -0.15) is 4.79 Å². The van der Waals surface area contributed by atoms with E-state index in [0.717, 1.165) is 12.1 Å². The van der Waals surface area contributed by atoms with E-state index < -0.39 is 0 Å². The molecular weight excluding hydrogens is 124 g/mol. The minimum absolute atomic E-state index is 0.384. The molecule has 2 fully saturated rings. The molecule has 0 amide bonds. The van der Waals surface area contributed by atoms with E-state index in [2.05, 4.69) is 4.79 Å². The summed E-state index contributed by atoms with van der Waals surface area (Å²) >= 11 is 0. The van der Waals surface area contributed by atoms with Crippen LogP contribution in [0.15, 0.2) is 0 Å². The van der Waals surface area contributed by atoms with Crippen LogP contribution in [-0.4, -0.2) is 10.5 Å². The molecule has 54 valence electrons. The van der Waals surface area contributed by atoms with Gasteiger partial charge in [0.1, 0.15) is 0 Å². The number of hydrogen-bond donors (Lipinski definition) is 0. The fraction of sp³-hybridized carbons (Fsp3) is 0.875. The van der Waals surface area contributed by atoms with E-state index >= 15 is 0 Å². The topological polar surface area (TPSA) is 36.4 Å². The van der Waals surface area contributed by atoms with Crippen LogP contribution in [0, 0.1) is 5.41 Å². The Bertz CT molecular complexity index is 195. The smallest absolute Gasteiger partial charge is 0.274 e. The largest absolute Gasteiger partial charge is 0.362 e. The molecule has 10 heavy (non-hydrogen) atoms. The highest BCUT2D eigenvalue weighted by Gasteiger charge is 2.51. The summed E-state index contributed by atoms with van der Waals surface area (Å²) in [4.78, 5) is 3.35. The molecule has 0 aromatic rings. The summed E-state index contributed by atoms with van der Waals surface area (Å²) in [5.74, 6) is 0. The van der Waals surface area contributed by atoms with Gasteiger partial charge in [0.2, 0.25) is 0 Å². The van der Waals surface area contributed by atoms with Crippen molar-refractivity contribution in [3.05, 3.63) is 5.53 Å². The van der Waals surface area contributed by atoms with Gasteiger partial charge in [-0.15, -0.1) is 0 Å². The van der Waals surface area contributed by atoms with Gasteiger partial charge >= 0.3 is 0 Å². The Morgan fingerprint density at radius 1 is 1.20 bits per heavy atom. The summed E-state index contributed by atoms with van der Waals surface area (Å²) in [6, 6.07) is 0. The Hall–Kier alpha value is -0.620. The van der Waals surface area contributed by atoms with Crippen molar-refractivity contribution >= 4 is 5.71 Å². The normalized spacial score (nSPS) is 28.2. The Kier molecular flexibility index (Phi) is 1.18. The molecule has 2 nitrogen and oxygen atoms in total. The molecule has 0 saturated heterocycles. The summed E-state index contributed by atoms with van der Waals surface area (Å²) in [6.45, 7) is 0. The van der Waals surface area contributed by atoms with Crippen molar-refractivity contribution in [1.29, 1.82) is 0 Å². The lowest BCUT2D eigenvalue weighted by molar-refractivity contribution is -0.0368. The third-order valence-electron chi connectivity index (χ3n) is 3.13. The summed E-state index contributed by atoms with van der Waals surface area (Å²) < 4.78 is 0. The van der Waals surface area contributed by atoms with Gasteiger partial charge in [-0.3, -0.25) is 0 Å². The maximum Gasteiger partial charge on any atom is 0.274 e. The van der Waals surface area contributed by atoms with E-state index in [1.807, 2.05) is 0 Å². The highest BCUT2D eigenvalue weighted by atomic mass is 14.9. The maximum absolute atomic E-state index is 8.60. The molecule has 0 aromatic heterocycles. The monoisotopic (exact) mass is 136 g/mol. The van der Waals surface area contributed by atoms with Crippen molar-refractivity contribution in [2.45, 2.75) is 38.5 Å². The first-order chi connectivity index (χ1) is 4.87. The van der Waals surface area contributed by atoms with Crippen molar-refractivity contribution in [2.24, 2.45) is 5.41 Å². The van der Waals surface area contributed by atoms with Gasteiger partial charge in [0.05, 0.1) is 5.41 Å². The molecule has 0 bridgehead atoms. The Morgan fingerprint density at radius 3 is 2.30 bits per heavy atom. The molecule has 0 atom stereocenters. The lowest BCUT2D eigenvalue weighted by Gasteiger charge is -2.31. The van der Waals surface area contributed by atoms with Crippen LogP contribution in [0.25, 0.3) is 5.53 Å². The molecule has 2 aliphatic carbocycles. The zero-order valence-corrected chi connectivity index (χ0v) is 6.14. The molecule has 2 heteroatoms. The summed E-state index contributed by atoms with van der Waals surface area (Å²) in [6.07, 6.45) is 7.51. The van der Waals surface area contributed by atoms with Crippen LogP contribution in [-0.2, 0) is 0 Å². The molecular formula is C8H12N2. The van der Waals surface area contributed by atoms with Gasteiger partial charge < -0.3 is 5.53 Å². The van der Waals surface area contributed by atoms with Crippen molar-refractivity contribution in [3.63, 3.8) is 0 Å². The first kappa shape index (κ1) is 6.11. The Morgan fingerprint density at radius 2 is 1.90 bits per heavy atom. The SMILES string of the molecule is [N-]=[N+]=C1CCC12CCCC2. The number of rotatable bonds is 0. The maximum atomic E-state index is 8.60. The molecule has 2 rings (SSSR count). The van der Waals surface area contributed by atoms with Crippen molar-refractivity contribution in [2.75, 3.05) is 0 Å². The molecule has 0 heterocycles. The number of hydrogen-bond acceptors (Lipinski definition) is 0. The highest BCUT2D eigenvalue weighted by Crippen LogP contribution is 2.50. The second-order valence-corrected chi connectivity index (χ2v) is 3.53. The van der Waals surface area contributed by atoms with Crippen LogP contribution >= 0.6 is 0 Å². The van der Waals surface area contributed by atoms with Crippen LogP contribution < -0.4 is 0 Å². The Balaban J connectivity index is 2.23. The van der Waals surface area contributed by atoms with E-state index in [0.29, 0.717) is 5.41 Å². The standard InChI is InChI=1S/C8H12N2/c9-10-7-3-6-8(7)4-1-2-5-8/h1-6H2. The van der Waals surface area contributed by atoms with Gasteiger partial charge in [0.15, 0.2) is 0 Å². The first-order valence-electron chi connectivity index (χ1n) is 4.09. The van der Waals surface area contributed by atoms with E-state index in [1.165, 1.54) is 32.1 Å². The van der Waals surface area contributed by atoms with E-state index in [4.69, 9.17) is 5.53 Å². The summed E-state index contributed by atoms with van der Waals surface area (Å²) in [5, 5.41) is 0. The lowest BCUT2D eigenvalue weighted by Crippen LogP contribution is -2.38. The van der Waals surface area contributed by atoms with Gasteiger partial charge in [-0.05, 0) is 19.3 Å². The van der Waals surface area contributed by atoms with Crippen LogP contribution in [0.1, 0.15) is 38.5 Å². The average molecular weight is 136 g/mol. The molecule has 2 saturated carbocycles. The van der Waals surface area contributed by atoms with E-state index in [1.54, 1.807) is 0 Å². The van der Waals surface area contributed by atoms with Gasteiger partial charge in [-0.1, -0.05) is 12.8 Å². The van der Waals surface area contributed by atoms with Gasteiger partial charge in [0, 0.05) is 6.42 Å². The van der Waals surface area contributed by atoms with Gasteiger partial charge in [0.25, 0.3) is 5.71 Å². The first-order valence-corrected chi connectivity index (χ1v) is 4.09. The predicted molar refractivity (Wildman–Crippen MR) is 38.8 cm³/mol. The summed E-state index contributed by atoms with van der Waals surface area (Å²) in [5.41, 5.74) is 10.1. The van der Waals surface area contributed by atoms with Crippen molar-refractivity contribution in [1.82, 2.24) is 0 Å². The average Bonchev–Trinajstić information content (AvgIpc) is 2.35. The van der Waals surface area contributed by atoms with E-state index in [9.17, 15) is 0 Å². The van der Waals surface area contributed by atoms with Gasteiger partial charge in [-0.25, -0.2) is 0 Å². The second kappa shape index (κ2) is 1.93. The predicted octanol–water partition coefficient (Wildman–Crippen LogP) is 2.01.